The normalized spacial score (nSPS) is 10.9. The fourth-order valence-corrected chi connectivity index (χ4v) is 2.44. The number of nitriles is 2. The molecule has 0 aliphatic heterocycles. The molecule has 0 unspecified atom stereocenters. The standard InChI is InChI=1S/C22H17N7O/c23-12-18-10-17(11-19(13-24)28-18)27-15-20(29-25)14-26-16-6-8-22(9-7-16)30-21-4-2-1-3-5-21/h1-11,14H,15,25H2,(H,27,28)/b26-14?,29-20+. The molecule has 0 saturated heterocycles. The number of aromatic nitrogens is 1. The molecule has 2 aromatic carbocycles. The molecule has 0 aliphatic rings. The summed E-state index contributed by atoms with van der Waals surface area (Å²) >= 11 is 0. The second kappa shape index (κ2) is 10.0. The molecule has 30 heavy (non-hydrogen) atoms. The summed E-state index contributed by atoms with van der Waals surface area (Å²) in [6.45, 7) is 0.259. The summed E-state index contributed by atoms with van der Waals surface area (Å²) in [6, 6.07) is 23.7. The van der Waals surface area contributed by atoms with Crippen LogP contribution in [0.25, 0.3) is 0 Å². The quantitative estimate of drug-likeness (QED) is 0.356. The number of nitrogens with zero attached hydrogens (tertiary/aromatic N) is 5. The zero-order valence-corrected chi connectivity index (χ0v) is 15.9. The maximum absolute atomic E-state index is 8.99. The van der Waals surface area contributed by atoms with E-state index in [2.05, 4.69) is 20.4 Å². The number of hydrazone groups is 1. The molecular formula is C22H17N7O. The Kier molecular flexibility index (Phi) is 6.70. The first-order valence-corrected chi connectivity index (χ1v) is 8.90. The van der Waals surface area contributed by atoms with Crippen molar-refractivity contribution in [1.82, 2.24) is 4.98 Å². The summed E-state index contributed by atoms with van der Waals surface area (Å²) in [6.07, 6.45) is 1.54. The summed E-state index contributed by atoms with van der Waals surface area (Å²) < 4.78 is 5.75. The third-order valence-electron chi connectivity index (χ3n) is 3.87. The molecule has 0 amide bonds. The van der Waals surface area contributed by atoms with E-state index >= 15 is 0 Å². The fourth-order valence-electron chi connectivity index (χ4n) is 2.44. The Morgan fingerprint density at radius 3 is 2.23 bits per heavy atom. The Morgan fingerprint density at radius 2 is 1.63 bits per heavy atom. The van der Waals surface area contributed by atoms with Crippen LogP contribution in [0.2, 0.25) is 0 Å². The average molecular weight is 395 g/mol. The molecule has 0 spiro atoms. The van der Waals surface area contributed by atoms with E-state index in [0.717, 1.165) is 5.75 Å². The van der Waals surface area contributed by atoms with Gasteiger partial charge >= 0.3 is 0 Å². The maximum Gasteiger partial charge on any atom is 0.144 e. The zero-order chi connectivity index (χ0) is 21.2. The molecule has 0 bridgehead atoms. The number of nitrogens with one attached hydrogen (secondary N) is 1. The summed E-state index contributed by atoms with van der Waals surface area (Å²) in [5.74, 6) is 6.90. The van der Waals surface area contributed by atoms with Crippen molar-refractivity contribution in [3.8, 4) is 23.6 Å². The van der Waals surface area contributed by atoms with Crippen LogP contribution in [0.4, 0.5) is 11.4 Å². The van der Waals surface area contributed by atoms with Gasteiger partial charge in [-0.1, -0.05) is 18.2 Å². The van der Waals surface area contributed by atoms with Crippen molar-refractivity contribution < 1.29 is 4.74 Å². The summed E-state index contributed by atoms with van der Waals surface area (Å²) in [5, 5.41) is 24.8. The molecule has 0 saturated carbocycles. The van der Waals surface area contributed by atoms with Gasteiger partial charge in [-0.15, -0.1) is 0 Å². The number of anilines is 1. The van der Waals surface area contributed by atoms with E-state index in [4.69, 9.17) is 21.1 Å². The Hall–Kier alpha value is -4.69. The van der Waals surface area contributed by atoms with Crippen molar-refractivity contribution in [2.24, 2.45) is 15.9 Å². The number of rotatable bonds is 7. The highest BCUT2D eigenvalue weighted by Crippen LogP contribution is 2.23. The highest BCUT2D eigenvalue weighted by molar-refractivity contribution is 6.32. The zero-order valence-electron chi connectivity index (χ0n) is 15.9. The van der Waals surface area contributed by atoms with Crippen LogP contribution in [0.3, 0.4) is 0 Å². The number of hydrogen-bond acceptors (Lipinski definition) is 8. The first kappa shape index (κ1) is 20.1. The lowest BCUT2D eigenvalue weighted by Gasteiger charge is -2.07. The largest absolute Gasteiger partial charge is 0.457 e. The molecule has 0 radical (unpaired) electrons. The van der Waals surface area contributed by atoms with Crippen LogP contribution in [0.15, 0.2) is 76.8 Å². The molecular weight excluding hydrogens is 378 g/mol. The Labute approximate surface area is 173 Å². The van der Waals surface area contributed by atoms with Crippen LogP contribution in [0.1, 0.15) is 11.4 Å². The molecule has 3 rings (SSSR count). The Balaban J connectivity index is 1.61. The lowest BCUT2D eigenvalue weighted by Crippen LogP contribution is -2.17. The van der Waals surface area contributed by atoms with Crippen LogP contribution in [-0.4, -0.2) is 23.5 Å². The molecule has 8 nitrogen and oxygen atoms in total. The van der Waals surface area contributed by atoms with Crippen molar-refractivity contribution in [1.29, 1.82) is 10.5 Å². The SMILES string of the molecule is N#Cc1cc(NC/C(C=Nc2ccc(Oc3ccccc3)cc2)=N/N)cc(C#N)n1. The van der Waals surface area contributed by atoms with E-state index in [1.54, 1.807) is 0 Å². The van der Waals surface area contributed by atoms with Crippen molar-refractivity contribution in [2.45, 2.75) is 0 Å². The van der Waals surface area contributed by atoms with Gasteiger partial charge in [0.15, 0.2) is 0 Å². The van der Waals surface area contributed by atoms with Crippen LogP contribution >= 0.6 is 0 Å². The van der Waals surface area contributed by atoms with Gasteiger partial charge in [-0.3, -0.25) is 4.99 Å². The number of hydrogen-bond donors (Lipinski definition) is 2. The molecule has 0 atom stereocenters. The lowest BCUT2D eigenvalue weighted by molar-refractivity contribution is 0.483. The minimum atomic E-state index is 0.147. The molecule has 3 N–H and O–H groups in total. The summed E-state index contributed by atoms with van der Waals surface area (Å²) in [7, 11) is 0. The minimum Gasteiger partial charge on any atom is -0.457 e. The van der Waals surface area contributed by atoms with Crippen molar-refractivity contribution >= 4 is 23.3 Å². The third kappa shape index (κ3) is 5.65. The van der Waals surface area contributed by atoms with E-state index < -0.39 is 0 Å². The molecule has 146 valence electrons. The van der Waals surface area contributed by atoms with Crippen LogP contribution < -0.4 is 15.9 Å². The summed E-state index contributed by atoms with van der Waals surface area (Å²) in [5.41, 5.74) is 2.05. The maximum atomic E-state index is 8.99. The Bertz CT molecular complexity index is 1110. The number of pyridine rings is 1. The first-order chi connectivity index (χ1) is 14.7. The van der Waals surface area contributed by atoms with Crippen LogP contribution in [0, 0.1) is 22.7 Å². The number of aliphatic imine (C=N–C) groups is 1. The molecule has 1 aromatic heterocycles. The second-order valence-electron chi connectivity index (χ2n) is 5.99. The third-order valence-corrected chi connectivity index (χ3v) is 3.87. The molecule has 0 fully saturated rings. The number of nitrogens with two attached hydrogens (primary N) is 1. The highest BCUT2D eigenvalue weighted by Gasteiger charge is 2.03. The van der Waals surface area contributed by atoms with Gasteiger partial charge in [-0.05, 0) is 48.5 Å². The minimum absolute atomic E-state index is 0.147. The first-order valence-electron chi connectivity index (χ1n) is 8.90. The average Bonchev–Trinajstić information content (AvgIpc) is 2.80. The van der Waals surface area contributed by atoms with Gasteiger partial charge in [0.2, 0.25) is 0 Å². The number of benzene rings is 2. The van der Waals surface area contributed by atoms with E-state index in [9.17, 15) is 0 Å². The predicted molar refractivity (Wildman–Crippen MR) is 115 cm³/mol. The molecule has 0 aliphatic carbocycles. The van der Waals surface area contributed by atoms with Gasteiger partial charge in [0, 0.05) is 5.69 Å². The van der Waals surface area contributed by atoms with Gasteiger partial charge in [-0.2, -0.15) is 15.6 Å². The van der Waals surface area contributed by atoms with Gasteiger partial charge < -0.3 is 15.9 Å². The van der Waals surface area contributed by atoms with Crippen molar-refractivity contribution in [3.05, 3.63) is 78.1 Å². The van der Waals surface area contributed by atoms with Crippen LogP contribution in [-0.2, 0) is 0 Å². The molecule has 8 heteroatoms. The predicted octanol–water partition coefficient (Wildman–Crippen LogP) is 3.75. The van der Waals surface area contributed by atoms with Gasteiger partial charge in [0.25, 0.3) is 0 Å². The number of ether oxygens (including phenoxy) is 1. The van der Waals surface area contributed by atoms with E-state index in [1.807, 2.05) is 66.7 Å². The molecule has 3 aromatic rings. The lowest BCUT2D eigenvalue weighted by atomic mass is 10.2. The van der Waals surface area contributed by atoms with Crippen LogP contribution in [0.5, 0.6) is 11.5 Å². The Morgan fingerprint density at radius 1 is 1.00 bits per heavy atom. The van der Waals surface area contributed by atoms with E-state index in [0.29, 0.717) is 22.8 Å². The summed E-state index contributed by atoms with van der Waals surface area (Å²) in [4.78, 5) is 8.23. The number of para-hydroxylation sites is 1. The monoisotopic (exact) mass is 395 g/mol. The van der Waals surface area contributed by atoms with Crippen molar-refractivity contribution in [3.63, 3.8) is 0 Å². The van der Waals surface area contributed by atoms with E-state index in [-0.39, 0.29) is 17.9 Å². The highest BCUT2D eigenvalue weighted by atomic mass is 16.5. The topological polar surface area (TPSA) is 132 Å². The van der Waals surface area contributed by atoms with E-state index in [1.165, 1.54) is 18.3 Å². The second-order valence-corrected chi connectivity index (χ2v) is 5.99. The van der Waals surface area contributed by atoms with Gasteiger partial charge in [0.05, 0.1) is 24.2 Å². The fraction of sp³-hybridized carbons (Fsp3) is 0.0455. The van der Waals surface area contributed by atoms with Crippen molar-refractivity contribution in [2.75, 3.05) is 11.9 Å². The van der Waals surface area contributed by atoms with Gasteiger partial charge in [0.1, 0.15) is 35.0 Å². The van der Waals surface area contributed by atoms with Gasteiger partial charge in [-0.25, -0.2) is 4.98 Å². The molecule has 1 heterocycles. The smallest absolute Gasteiger partial charge is 0.144 e.